The molecular weight excluding hydrogens is 366 g/mol. The summed E-state index contributed by atoms with van der Waals surface area (Å²) in [6, 6.07) is 12.5. The number of amides is 1. The third-order valence-electron chi connectivity index (χ3n) is 6.06. The van der Waals surface area contributed by atoms with E-state index in [4.69, 9.17) is 9.47 Å². The monoisotopic (exact) mass is 395 g/mol. The Morgan fingerprint density at radius 3 is 2.69 bits per heavy atom. The van der Waals surface area contributed by atoms with Gasteiger partial charge in [0.2, 0.25) is 5.91 Å². The van der Waals surface area contributed by atoms with Gasteiger partial charge in [0.25, 0.3) is 0 Å². The lowest BCUT2D eigenvalue weighted by Gasteiger charge is -2.31. The molecule has 0 radical (unpaired) electrons. The molecule has 0 bridgehead atoms. The fourth-order valence-electron chi connectivity index (χ4n) is 4.48. The molecule has 2 aromatic rings. The second kappa shape index (κ2) is 9.37. The fraction of sp³-hybridized carbons (Fsp3) is 0.478. The molecule has 2 heterocycles. The van der Waals surface area contributed by atoms with E-state index >= 15 is 0 Å². The number of hydrogen-bond acceptors (Lipinski definition) is 5. The summed E-state index contributed by atoms with van der Waals surface area (Å²) >= 11 is 0. The number of methoxy groups -OCH3 is 1. The molecule has 2 aliphatic rings. The molecule has 1 saturated carbocycles. The zero-order chi connectivity index (χ0) is 20.1. The maximum Gasteiger partial charge on any atom is 0.226 e. The Morgan fingerprint density at radius 2 is 2.00 bits per heavy atom. The van der Waals surface area contributed by atoms with Gasteiger partial charge in [-0.1, -0.05) is 18.2 Å². The van der Waals surface area contributed by atoms with Crippen LogP contribution in [0.2, 0.25) is 0 Å². The number of ether oxygens (including phenoxy) is 2. The predicted octanol–water partition coefficient (Wildman–Crippen LogP) is 2.60. The standard InChI is InChI=1S/C23H29N3O3/c1-28-20-6-4-18(5-7-20)21-13-19(25-16-17-3-2-8-24-15-17)14-22(21)23(27)26-9-11-29-12-10-26/h2-8,15,19,21-22,25H,9-14,16H2,1H3/t19-,21+,22-/m0/s1. The molecule has 29 heavy (non-hydrogen) atoms. The Morgan fingerprint density at radius 1 is 1.21 bits per heavy atom. The van der Waals surface area contributed by atoms with Crippen molar-refractivity contribution in [1.82, 2.24) is 15.2 Å². The zero-order valence-corrected chi connectivity index (χ0v) is 16.9. The average Bonchev–Trinajstić information content (AvgIpc) is 3.23. The Labute approximate surface area is 172 Å². The maximum absolute atomic E-state index is 13.3. The van der Waals surface area contributed by atoms with Crippen LogP contribution in [0, 0.1) is 5.92 Å². The van der Waals surface area contributed by atoms with Crippen LogP contribution in [-0.2, 0) is 16.1 Å². The molecule has 1 aromatic carbocycles. The molecule has 0 unspecified atom stereocenters. The molecule has 1 aliphatic carbocycles. The highest BCUT2D eigenvalue weighted by atomic mass is 16.5. The van der Waals surface area contributed by atoms with Gasteiger partial charge in [0.15, 0.2) is 0 Å². The molecule has 1 aromatic heterocycles. The number of rotatable bonds is 6. The molecule has 1 amide bonds. The number of carbonyl (C=O) groups is 1. The molecule has 6 heteroatoms. The summed E-state index contributed by atoms with van der Waals surface area (Å²) in [4.78, 5) is 19.5. The molecule has 4 rings (SSSR count). The van der Waals surface area contributed by atoms with E-state index in [0.717, 1.165) is 30.7 Å². The first-order valence-corrected chi connectivity index (χ1v) is 10.4. The number of nitrogens with one attached hydrogen (secondary N) is 1. The Balaban J connectivity index is 1.49. The molecule has 3 atom stereocenters. The van der Waals surface area contributed by atoms with Crippen LogP contribution in [0.25, 0.3) is 0 Å². The van der Waals surface area contributed by atoms with Crippen LogP contribution >= 0.6 is 0 Å². The highest BCUT2D eigenvalue weighted by molar-refractivity contribution is 5.80. The number of aromatic nitrogens is 1. The van der Waals surface area contributed by atoms with E-state index in [0.29, 0.717) is 32.3 Å². The van der Waals surface area contributed by atoms with Crippen molar-refractivity contribution in [3.05, 3.63) is 59.9 Å². The minimum Gasteiger partial charge on any atom is -0.497 e. The van der Waals surface area contributed by atoms with Crippen molar-refractivity contribution in [1.29, 1.82) is 0 Å². The van der Waals surface area contributed by atoms with E-state index in [2.05, 4.69) is 28.5 Å². The number of hydrogen-bond donors (Lipinski definition) is 1. The van der Waals surface area contributed by atoms with Crippen molar-refractivity contribution < 1.29 is 14.3 Å². The largest absolute Gasteiger partial charge is 0.497 e. The van der Waals surface area contributed by atoms with Crippen LogP contribution in [0.1, 0.15) is 29.9 Å². The zero-order valence-electron chi connectivity index (χ0n) is 16.9. The fourth-order valence-corrected chi connectivity index (χ4v) is 4.48. The Kier molecular flexibility index (Phi) is 6.42. The van der Waals surface area contributed by atoms with Gasteiger partial charge < -0.3 is 19.7 Å². The molecule has 154 valence electrons. The van der Waals surface area contributed by atoms with E-state index in [1.165, 1.54) is 5.56 Å². The summed E-state index contributed by atoms with van der Waals surface area (Å²) < 4.78 is 10.7. The molecule has 2 fully saturated rings. The van der Waals surface area contributed by atoms with Crippen molar-refractivity contribution in [3.63, 3.8) is 0 Å². The van der Waals surface area contributed by atoms with Crippen LogP contribution in [0.4, 0.5) is 0 Å². The molecule has 0 spiro atoms. The van der Waals surface area contributed by atoms with Crippen molar-refractivity contribution in [2.75, 3.05) is 33.4 Å². The highest BCUT2D eigenvalue weighted by Crippen LogP contribution is 2.41. The molecule has 1 aliphatic heterocycles. The van der Waals surface area contributed by atoms with Gasteiger partial charge >= 0.3 is 0 Å². The third-order valence-corrected chi connectivity index (χ3v) is 6.06. The molecule has 1 saturated heterocycles. The number of carbonyl (C=O) groups excluding carboxylic acids is 1. The number of pyridine rings is 1. The lowest BCUT2D eigenvalue weighted by Crippen LogP contribution is -2.44. The van der Waals surface area contributed by atoms with Gasteiger partial charge in [0, 0.05) is 44.0 Å². The first-order chi connectivity index (χ1) is 14.2. The van der Waals surface area contributed by atoms with E-state index in [1.54, 1.807) is 13.3 Å². The maximum atomic E-state index is 13.3. The van der Waals surface area contributed by atoms with Crippen LogP contribution < -0.4 is 10.1 Å². The quantitative estimate of drug-likeness (QED) is 0.815. The smallest absolute Gasteiger partial charge is 0.226 e. The predicted molar refractivity (Wildman–Crippen MR) is 111 cm³/mol. The van der Waals surface area contributed by atoms with E-state index in [-0.39, 0.29) is 17.7 Å². The summed E-state index contributed by atoms with van der Waals surface area (Å²) in [7, 11) is 1.67. The normalized spacial score (nSPS) is 24.4. The number of benzene rings is 1. The van der Waals surface area contributed by atoms with Crippen molar-refractivity contribution in [3.8, 4) is 5.75 Å². The first kappa shape index (κ1) is 19.9. The van der Waals surface area contributed by atoms with Gasteiger partial charge in [0.1, 0.15) is 5.75 Å². The lowest BCUT2D eigenvalue weighted by molar-refractivity contribution is -0.140. The van der Waals surface area contributed by atoms with Gasteiger partial charge in [-0.15, -0.1) is 0 Å². The second-order valence-corrected chi connectivity index (χ2v) is 7.83. The number of morpholine rings is 1. The average molecular weight is 396 g/mol. The van der Waals surface area contributed by atoms with Gasteiger partial charge in [-0.05, 0) is 48.1 Å². The SMILES string of the molecule is COc1ccc([C@H]2C[C@H](NCc3cccnc3)C[C@@H]2C(=O)N2CCOCC2)cc1. The lowest BCUT2D eigenvalue weighted by atomic mass is 9.88. The Bertz CT molecular complexity index is 791. The van der Waals surface area contributed by atoms with Crippen molar-refractivity contribution >= 4 is 5.91 Å². The summed E-state index contributed by atoms with van der Waals surface area (Å²) in [6.45, 7) is 3.42. The van der Waals surface area contributed by atoms with Crippen molar-refractivity contribution in [2.45, 2.75) is 31.3 Å². The summed E-state index contributed by atoms with van der Waals surface area (Å²) in [6.07, 6.45) is 5.48. The number of nitrogens with zero attached hydrogens (tertiary/aromatic N) is 2. The minimum atomic E-state index is -0.00658. The van der Waals surface area contributed by atoms with Gasteiger partial charge in [0.05, 0.1) is 20.3 Å². The van der Waals surface area contributed by atoms with Crippen LogP contribution in [-0.4, -0.2) is 55.2 Å². The molecule has 1 N–H and O–H groups in total. The summed E-state index contributed by atoms with van der Waals surface area (Å²) in [5.74, 6) is 1.31. The van der Waals surface area contributed by atoms with Gasteiger partial charge in [-0.2, -0.15) is 0 Å². The first-order valence-electron chi connectivity index (χ1n) is 10.4. The summed E-state index contributed by atoms with van der Waals surface area (Å²) in [5, 5.41) is 3.65. The topological polar surface area (TPSA) is 63.7 Å². The van der Waals surface area contributed by atoms with Crippen LogP contribution in [0.15, 0.2) is 48.8 Å². The highest BCUT2D eigenvalue weighted by Gasteiger charge is 2.41. The molecular formula is C23H29N3O3. The second-order valence-electron chi connectivity index (χ2n) is 7.83. The molecule has 6 nitrogen and oxygen atoms in total. The Hall–Kier alpha value is -2.44. The van der Waals surface area contributed by atoms with E-state index in [9.17, 15) is 4.79 Å². The van der Waals surface area contributed by atoms with Crippen LogP contribution in [0.3, 0.4) is 0 Å². The van der Waals surface area contributed by atoms with Gasteiger partial charge in [-0.25, -0.2) is 0 Å². The van der Waals surface area contributed by atoms with E-state index in [1.807, 2.05) is 29.3 Å². The summed E-state index contributed by atoms with van der Waals surface area (Å²) in [5.41, 5.74) is 2.37. The minimum absolute atomic E-state index is 0.00658. The third kappa shape index (κ3) is 4.77. The van der Waals surface area contributed by atoms with E-state index < -0.39 is 0 Å². The van der Waals surface area contributed by atoms with Crippen LogP contribution in [0.5, 0.6) is 5.75 Å². The van der Waals surface area contributed by atoms with Gasteiger partial charge in [-0.3, -0.25) is 9.78 Å². The van der Waals surface area contributed by atoms with Crippen molar-refractivity contribution in [2.24, 2.45) is 5.92 Å².